The van der Waals surface area contributed by atoms with Crippen LogP contribution >= 0.6 is 0 Å². The van der Waals surface area contributed by atoms with E-state index < -0.39 is 23.3 Å². The Balaban J connectivity index is 1.12. The first-order chi connectivity index (χ1) is 17.8. The maximum atomic E-state index is 14.6. The Bertz CT molecular complexity index is 1170. The molecule has 1 N–H and O–H groups in total. The molecule has 0 bridgehead atoms. The summed E-state index contributed by atoms with van der Waals surface area (Å²) in [6.45, 7) is 2.05. The van der Waals surface area contributed by atoms with Gasteiger partial charge in [0, 0.05) is 24.7 Å². The van der Waals surface area contributed by atoms with Crippen molar-refractivity contribution in [1.29, 1.82) is 0 Å². The van der Waals surface area contributed by atoms with E-state index in [1.165, 1.54) is 20.0 Å². The van der Waals surface area contributed by atoms with E-state index in [9.17, 15) is 18.4 Å². The highest BCUT2D eigenvalue weighted by Crippen LogP contribution is 2.49. The number of likely N-dealkylation sites (tertiary alicyclic amines) is 1. The van der Waals surface area contributed by atoms with Crippen LogP contribution in [-0.2, 0) is 0 Å². The Morgan fingerprint density at radius 1 is 1.03 bits per heavy atom. The number of piperidine rings is 1. The summed E-state index contributed by atoms with van der Waals surface area (Å²) in [5.41, 5.74) is 0.396. The van der Waals surface area contributed by atoms with Crippen molar-refractivity contribution in [1.82, 2.24) is 10.2 Å². The fourth-order valence-corrected chi connectivity index (χ4v) is 5.40. The molecule has 2 aromatic rings. The predicted molar refractivity (Wildman–Crippen MR) is 132 cm³/mol. The summed E-state index contributed by atoms with van der Waals surface area (Å²) in [4.78, 5) is 27.6. The zero-order valence-electron chi connectivity index (χ0n) is 21.1. The minimum atomic E-state index is -1.05. The van der Waals surface area contributed by atoms with E-state index in [4.69, 9.17) is 14.2 Å². The molecule has 2 amide bonds. The molecule has 9 heteroatoms. The van der Waals surface area contributed by atoms with E-state index in [0.717, 1.165) is 51.2 Å². The third kappa shape index (κ3) is 5.22. The number of nitrogens with zero attached hydrogens (tertiary/aromatic N) is 1. The average Bonchev–Trinajstić information content (AvgIpc) is 3.72. The first-order valence-corrected chi connectivity index (χ1v) is 12.8. The highest BCUT2D eigenvalue weighted by Gasteiger charge is 2.47. The summed E-state index contributed by atoms with van der Waals surface area (Å²) in [5, 5.41) is 2.85. The molecule has 0 unspecified atom stereocenters. The molecule has 198 valence electrons. The Hall–Kier alpha value is -3.36. The molecule has 1 spiro atoms. The van der Waals surface area contributed by atoms with Gasteiger partial charge in [-0.3, -0.25) is 9.59 Å². The van der Waals surface area contributed by atoms with Crippen molar-refractivity contribution in [2.24, 2.45) is 11.3 Å². The van der Waals surface area contributed by atoms with Gasteiger partial charge in [-0.05, 0) is 80.2 Å². The molecule has 2 saturated carbocycles. The molecule has 1 saturated heterocycles. The second kappa shape index (κ2) is 10.2. The van der Waals surface area contributed by atoms with Gasteiger partial charge in [0.15, 0.2) is 17.3 Å². The zero-order chi connectivity index (χ0) is 26.2. The quantitative estimate of drug-likeness (QED) is 0.558. The number of halogens is 2. The van der Waals surface area contributed by atoms with Crippen molar-refractivity contribution < 1.29 is 32.6 Å². The van der Waals surface area contributed by atoms with Gasteiger partial charge in [0.05, 0.1) is 26.4 Å². The summed E-state index contributed by atoms with van der Waals surface area (Å²) < 4.78 is 44.3. The van der Waals surface area contributed by atoms with Crippen molar-refractivity contribution >= 4 is 11.8 Å². The van der Waals surface area contributed by atoms with Crippen LogP contribution in [0.25, 0.3) is 0 Å². The van der Waals surface area contributed by atoms with Crippen LogP contribution in [0.5, 0.6) is 17.2 Å². The monoisotopic (exact) mass is 514 g/mol. The lowest BCUT2D eigenvalue weighted by atomic mass is 9.60. The number of ether oxygens (including phenoxy) is 3. The van der Waals surface area contributed by atoms with E-state index in [-0.39, 0.29) is 28.7 Å². The predicted octanol–water partition coefficient (Wildman–Crippen LogP) is 4.59. The van der Waals surface area contributed by atoms with E-state index >= 15 is 0 Å². The zero-order valence-corrected chi connectivity index (χ0v) is 21.1. The summed E-state index contributed by atoms with van der Waals surface area (Å²) in [6.07, 6.45) is 5.67. The van der Waals surface area contributed by atoms with Gasteiger partial charge in [-0.1, -0.05) is 0 Å². The molecule has 3 aliphatic rings. The number of carbonyl (C=O) groups is 2. The Morgan fingerprint density at radius 2 is 1.70 bits per heavy atom. The molecule has 3 fully saturated rings. The third-order valence-corrected chi connectivity index (χ3v) is 7.88. The molecule has 2 aliphatic carbocycles. The van der Waals surface area contributed by atoms with Gasteiger partial charge in [0.2, 0.25) is 5.82 Å². The normalized spacial score (nSPS) is 18.8. The number of benzene rings is 2. The Morgan fingerprint density at radius 3 is 2.30 bits per heavy atom. The van der Waals surface area contributed by atoms with Crippen LogP contribution in [0.4, 0.5) is 8.78 Å². The lowest BCUT2D eigenvalue weighted by Crippen LogP contribution is -2.55. The van der Waals surface area contributed by atoms with Crippen LogP contribution < -0.4 is 19.5 Å². The number of nitrogens with one attached hydrogen (secondary N) is 1. The van der Waals surface area contributed by atoms with Crippen LogP contribution in [0.1, 0.15) is 59.2 Å². The van der Waals surface area contributed by atoms with Gasteiger partial charge in [0.1, 0.15) is 5.75 Å². The second-order valence-corrected chi connectivity index (χ2v) is 10.4. The summed E-state index contributed by atoms with van der Waals surface area (Å²) in [5.74, 6) is -2.09. The van der Waals surface area contributed by atoms with Gasteiger partial charge in [-0.25, -0.2) is 4.39 Å². The average molecular weight is 515 g/mol. The first-order valence-electron chi connectivity index (χ1n) is 12.8. The van der Waals surface area contributed by atoms with Gasteiger partial charge in [-0.2, -0.15) is 4.39 Å². The largest absolute Gasteiger partial charge is 0.494 e. The van der Waals surface area contributed by atoms with Crippen molar-refractivity contribution in [3.63, 3.8) is 0 Å². The van der Waals surface area contributed by atoms with Crippen molar-refractivity contribution in [2.75, 3.05) is 33.9 Å². The lowest BCUT2D eigenvalue weighted by molar-refractivity contribution is 0.00858. The van der Waals surface area contributed by atoms with Crippen molar-refractivity contribution in [3.8, 4) is 17.2 Å². The number of amides is 2. The molecule has 2 aromatic carbocycles. The molecule has 1 heterocycles. The number of hydrogen-bond donors (Lipinski definition) is 1. The lowest BCUT2D eigenvalue weighted by Gasteiger charge is -2.52. The van der Waals surface area contributed by atoms with Crippen LogP contribution in [0, 0.1) is 23.0 Å². The fraction of sp³-hybridized carbons (Fsp3) is 0.500. The summed E-state index contributed by atoms with van der Waals surface area (Å²) in [7, 11) is 2.37. The molecule has 0 aromatic heterocycles. The summed E-state index contributed by atoms with van der Waals surface area (Å²) >= 11 is 0. The molecule has 7 nitrogen and oxygen atoms in total. The SMILES string of the molecule is COc1cc(C(=O)NC2CC3(CCN(C(=O)c4ccc(OCC5CC5)cc4)CC3)C2)c(F)c(OC)c1F. The number of hydrogen-bond acceptors (Lipinski definition) is 5. The van der Waals surface area contributed by atoms with Gasteiger partial charge in [-0.15, -0.1) is 0 Å². The van der Waals surface area contributed by atoms with Crippen molar-refractivity contribution in [2.45, 2.75) is 44.6 Å². The minimum Gasteiger partial charge on any atom is -0.494 e. The summed E-state index contributed by atoms with van der Waals surface area (Å²) in [6, 6.07) is 8.29. The van der Waals surface area contributed by atoms with E-state index in [1.54, 1.807) is 0 Å². The smallest absolute Gasteiger partial charge is 0.254 e. The Labute approximate surface area is 215 Å². The van der Waals surface area contributed by atoms with Crippen LogP contribution in [0.3, 0.4) is 0 Å². The van der Waals surface area contributed by atoms with E-state index in [2.05, 4.69) is 5.32 Å². The van der Waals surface area contributed by atoms with Gasteiger partial charge >= 0.3 is 0 Å². The van der Waals surface area contributed by atoms with Gasteiger partial charge < -0.3 is 24.4 Å². The molecule has 0 atom stereocenters. The molecule has 0 radical (unpaired) electrons. The molecular formula is C28H32F2N2O5. The topological polar surface area (TPSA) is 77.1 Å². The van der Waals surface area contributed by atoms with E-state index in [0.29, 0.717) is 24.6 Å². The number of rotatable bonds is 8. The maximum Gasteiger partial charge on any atom is 0.254 e. The number of carbonyl (C=O) groups excluding carboxylic acids is 2. The fourth-order valence-electron chi connectivity index (χ4n) is 5.40. The first kappa shape index (κ1) is 25.3. The van der Waals surface area contributed by atoms with Crippen LogP contribution in [0.2, 0.25) is 0 Å². The highest BCUT2D eigenvalue weighted by molar-refractivity contribution is 5.96. The molecule has 37 heavy (non-hydrogen) atoms. The third-order valence-electron chi connectivity index (χ3n) is 7.88. The van der Waals surface area contributed by atoms with Crippen molar-refractivity contribution in [3.05, 3.63) is 53.1 Å². The van der Waals surface area contributed by atoms with E-state index in [1.807, 2.05) is 29.2 Å². The Kier molecular flexibility index (Phi) is 6.96. The van der Waals surface area contributed by atoms with Crippen LogP contribution in [0.15, 0.2) is 30.3 Å². The van der Waals surface area contributed by atoms with Crippen LogP contribution in [-0.4, -0.2) is 56.7 Å². The second-order valence-electron chi connectivity index (χ2n) is 10.4. The number of methoxy groups -OCH3 is 2. The molecule has 5 rings (SSSR count). The molecule has 1 aliphatic heterocycles. The maximum absolute atomic E-state index is 14.6. The highest BCUT2D eigenvalue weighted by atomic mass is 19.1. The standard InChI is InChI=1S/C28H32F2N2O5/c1-35-22-13-21(23(29)25(36-2)24(22)30)26(33)31-19-14-28(15-19)9-11-32(12-10-28)27(34)18-5-7-20(8-6-18)37-16-17-3-4-17/h5-8,13,17,19H,3-4,9-12,14-16H2,1-2H3,(H,31,33). The van der Waals surface area contributed by atoms with Gasteiger partial charge in [0.25, 0.3) is 11.8 Å². The molecular weight excluding hydrogens is 482 g/mol. The minimum absolute atomic E-state index is 0.0162.